The van der Waals surface area contributed by atoms with Crippen molar-refractivity contribution in [2.75, 3.05) is 26.2 Å². The number of nitrogens with zero attached hydrogens (tertiary/aromatic N) is 1. The van der Waals surface area contributed by atoms with Gasteiger partial charge in [-0.1, -0.05) is 26.2 Å². The molecule has 2 nitrogen and oxygen atoms in total. The van der Waals surface area contributed by atoms with Crippen molar-refractivity contribution in [2.45, 2.75) is 57.9 Å². The van der Waals surface area contributed by atoms with Crippen LogP contribution in [0, 0.1) is 17.8 Å². The van der Waals surface area contributed by atoms with Crippen LogP contribution in [0.1, 0.15) is 51.9 Å². The van der Waals surface area contributed by atoms with Crippen molar-refractivity contribution in [3.63, 3.8) is 0 Å². The van der Waals surface area contributed by atoms with Crippen LogP contribution in [-0.2, 0) is 0 Å². The third-order valence-corrected chi connectivity index (χ3v) is 5.42. The minimum Gasteiger partial charge on any atom is -0.314 e. The Hall–Kier alpha value is -0.0800. The minimum absolute atomic E-state index is 0.886. The molecule has 3 rings (SSSR count). The standard InChI is InChI=1S/C16H30N2/c1-13-4-2-3-5-15(13)12-18-9-8-14(11-18)10-17-16-6-7-16/h13-17H,2-12H2,1H3. The van der Waals surface area contributed by atoms with Gasteiger partial charge in [-0.3, -0.25) is 0 Å². The fourth-order valence-corrected chi connectivity index (χ4v) is 3.86. The van der Waals surface area contributed by atoms with E-state index in [4.69, 9.17) is 0 Å². The second-order valence-electron chi connectivity index (χ2n) is 7.12. The number of nitrogens with one attached hydrogen (secondary N) is 1. The van der Waals surface area contributed by atoms with E-state index >= 15 is 0 Å². The molecular formula is C16H30N2. The van der Waals surface area contributed by atoms with E-state index < -0.39 is 0 Å². The van der Waals surface area contributed by atoms with Crippen molar-refractivity contribution >= 4 is 0 Å². The van der Waals surface area contributed by atoms with E-state index in [2.05, 4.69) is 17.1 Å². The number of rotatable bonds is 5. The number of hydrogen-bond donors (Lipinski definition) is 1. The zero-order valence-electron chi connectivity index (χ0n) is 12.0. The fraction of sp³-hybridized carbons (Fsp3) is 1.00. The van der Waals surface area contributed by atoms with Gasteiger partial charge in [0.05, 0.1) is 0 Å². The van der Waals surface area contributed by atoms with Gasteiger partial charge in [0.2, 0.25) is 0 Å². The predicted octanol–water partition coefficient (Wildman–Crippen LogP) is 2.89. The average Bonchev–Trinajstić information content (AvgIpc) is 3.10. The van der Waals surface area contributed by atoms with Crippen molar-refractivity contribution < 1.29 is 0 Å². The molecule has 2 saturated carbocycles. The number of hydrogen-bond acceptors (Lipinski definition) is 2. The minimum atomic E-state index is 0.886. The normalized spacial score (nSPS) is 38.2. The zero-order valence-corrected chi connectivity index (χ0v) is 12.0. The second kappa shape index (κ2) is 5.92. The molecule has 104 valence electrons. The van der Waals surface area contributed by atoms with Gasteiger partial charge in [-0.15, -0.1) is 0 Å². The van der Waals surface area contributed by atoms with Crippen LogP contribution in [0.2, 0.25) is 0 Å². The predicted molar refractivity (Wildman–Crippen MR) is 76.7 cm³/mol. The van der Waals surface area contributed by atoms with E-state index in [1.54, 1.807) is 0 Å². The first-order valence-electron chi connectivity index (χ1n) is 8.27. The molecular weight excluding hydrogens is 220 g/mol. The Labute approximate surface area is 113 Å². The Bertz CT molecular complexity index is 262. The molecule has 1 heterocycles. The van der Waals surface area contributed by atoms with Gasteiger partial charge in [-0.05, 0) is 56.5 Å². The SMILES string of the molecule is CC1CCCCC1CN1CCC(CNC2CC2)C1. The van der Waals surface area contributed by atoms with E-state index in [1.807, 2.05) is 0 Å². The molecule has 1 saturated heterocycles. The quantitative estimate of drug-likeness (QED) is 0.807. The summed E-state index contributed by atoms with van der Waals surface area (Å²) in [5, 5.41) is 3.70. The summed E-state index contributed by atoms with van der Waals surface area (Å²) in [5.41, 5.74) is 0. The molecule has 3 unspecified atom stereocenters. The molecule has 0 aromatic rings. The Morgan fingerprint density at radius 1 is 1.06 bits per heavy atom. The van der Waals surface area contributed by atoms with Crippen molar-refractivity contribution in [3.8, 4) is 0 Å². The molecule has 2 heteroatoms. The maximum absolute atomic E-state index is 3.70. The number of likely N-dealkylation sites (tertiary alicyclic amines) is 1. The van der Waals surface area contributed by atoms with E-state index in [-0.39, 0.29) is 0 Å². The first-order valence-corrected chi connectivity index (χ1v) is 8.27. The lowest BCUT2D eigenvalue weighted by atomic mass is 9.80. The van der Waals surface area contributed by atoms with Crippen LogP contribution in [0.15, 0.2) is 0 Å². The van der Waals surface area contributed by atoms with Crippen LogP contribution in [0.25, 0.3) is 0 Å². The summed E-state index contributed by atoms with van der Waals surface area (Å²) < 4.78 is 0. The van der Waals surface area contributed by atoms with Gasteiger partial charge in [0.25, 0.3) is 0 Å². The molecule has 3 aliphatic rings. The van der Waals surface area contributed by atoms with Gasteiger partial charge in [-0.25, -0.2) is 0 Å². The highest BCUT2D eigenvalue weighted by molar-refractivity contribution is 4.85. The summed E-state index contributed by atoms with van der Waals surface area (Å²) in [5.74, 6) is 2.90. The van der Waals surface area contributed by atoms with Crippen LogP contribution < -0.4 is 5.32 Å². The van der Waals surface area contributed by atoms with E-state index in [0.29, 0.717) is 0 Å². The molecule has 1 N–H and O–H groups in total. The lowest BCUT2D eigenvalue weighted by molar-refractivity contribution is 0.177. The zero-order chi connectivity index (χ0) is 12.4. The molecule has 3 atom stereocenters. The van der Waals surface area contributed by atoms with Gasteiger partial charge in [0.15, 0.2) is 0 Å². The Kier molecular flexibility index (Phi) is 4.25. The maximum atomic E-state index is 3.70. The highest BCUT2D eigenvalue weighted by Crippen LogP contribution is 2.31. The summed E-state index contributed by atoms with van der Waals surface area (Å²) in [7, 11) is 0. The first kappa shape index (κ1) is 12.9. The smallest absolute Gasteiger partial charge is 0.00683 e. The first-order chi connectivity index (χ1) is 8.81. The summed E-state index contributed by atoms with van der Waals surface area (Å²) in [6, 6.07) is 0.886. The Morgan fingerprint density at radius 2 is 1.89 bits per heavy atom. The Balaban J connectivity index is 1.38. The highest BCUT2D eigenvalue weighted by atomic mass is 15.2. The molecule has 0 amide bonds. The van der Waals surface area contributed by atoms with Crippen molar-refractivity contribution in [2.24, 2.45) is 17.8 Å². The summed E-state index contributed by atoms with van der Waals surface area (Å²) in [6.07, 6.45) is 10.2. The van der Waals surface area contributed by atoms with Crippen molar-refractivity contribution in [1.82, 2.24) is 10.2 Å². The highest BCUT2D eigenvalue weighted by Gasteiger charge is 2.29. The lowest BCUT2D eigenvalue weighted by Gasteiger charge is -2.32. The van der Waals surface area contributed by atoms with Gasteiger partial charge >= 0.3 is 0 Å². The topological polar surface area (TPSA) is 15.3 Å². The summed E-state index contributed by atoms with van der Waals surface area (Å²) in [6.45, 7) is 7.87. The van der Waals surface area contributed by atoms with Crippen LogP contribution >= 0.6 is 0 Å². The lowest BCUT2D eigenvalue weighted by Crippen LogP contribution is -2.33. The monoisotopic (exact) mass is 250 g/mol. The fourth-order valence-electron chi connectivity index (χ4n) is 3.86. The average molecular weight is 250 g/mol. The molecule has 0 radical (unpaired) electrons. The van der Waals surface area contributed by atoms with Gasteiger partial charge in [0.1, 0.15) is 0 Å². The summed E-state index contributed by atoms with van der Waals surface area (Å²) in [4.78, 5) is 2.76. The van der Waals surface area contributed by atoms with Gasteiger partial charge in [0, 0.05) is 19.1 Å². The molecule has 0 spiro atoms. The van der Waals surface area contributed by atoms with E-state index in [1.165, 1.54) is 71.1 Å². The summed E-state index contributed by atoms with van der Waals surface area (Å²) >= 11 is 0. The Morgan fingerprint density at radius 3 is 2.67 bits per heavy atom. The van der Waals surface area contributed by atoms with Crippen molar-refractivity contribution in [3.05, 3.63) is 0 Å². The largest absolute Gasteiger partial charge is 0.314 e. The van der Waals surface area contributed by atoms with Gasteiger partial charge in [-0.2, -0.15) is 0 Å². The van der Waals surface area contributed by atoms with Crippen LogP contribution in [-0.4, -0.2) is 37.1 Å². The van der Waals surface area contributed by atoms with E-state index in [0.717, 1.165) is 23.8 Å². The molecule has 3 fully saturated rings. The third kappa shape index (κ3) is 3.48. The third-order valence-electron chi connectivity index (χ3n) is 5.42. The molecule has 0 aromatic heterocycles. The molecule has 2 aliphatic carbocycles. The van der Waals surface area contributed by atoms with Crippen LogP contribution in [0.5, 0.6) is 0 Å². The molecule has 1 aliphatic heterocycles. The van der Waals surface area contributed by atoms with Gasteiger partial charge < -0.3 is 10.2 Å². The molecule has 0 aromatic carbocycles. The van der Waals surface area contributed by atoms with Crippen molar-refractivity contribution in [1.29, 1.82) is 0 Å². The molecule has 0 bridgehead atoms. The van der Waals surface area contributed by atoms with Crippen LogP contribution in [0.3, 0.4) is 0 Å². The second-order valence-corrected chi connectivity index (χ2v) is 7.12. The van der Waals surface area contributed by atoms with E-state index in [9.17, 15) is 0 Å². The molecule has 18 heavy (non-hydrogen) atoms. The maximum Gasteiger partial charge on any atom is 0.00683 e. The van der Waals surface area contributed by atoms with Crippen LogP contribution in [0.4, 0.5) is 0 Å².